The molecule has 0 radical (unpaired) electrons. The van der Waals surface area contributed by atoms with Crippen molar-refractivity contribution in [1.29, 1.82) is 0 Å². The minimum absolute atomic E-state index is 0.912. The maximum atomic E-state index is 6.55. The molecule has 226 valence electrons. The van der Waals surface area contributed by atoms with Gasteiger partial charge >= 0.3 is 0 Å². The van der Waals surface area contributed by atoms with E-state index in [2.05, 4.69) is 170 Å². The quantitative estimate of drug-likeness (QED) is 0.138. The van der Waals surface area contributed by atoms with Crippen LogP contribution >= 0.6 is 0 Å². The fraction of sp³-hybridized carbons (Fsp3) is 0. The zero-order valence-electron chi connectivity index (χ0n) is 26.6. The number of fused-ring (bicyclic) bond motifs is 13. The van der Waals surface area contributed by atoms with Gasteiger partial charge in [0.15, 0.2) is 0 Å². The van der Waals surface area contributed by atoms with Crippen LogP contribution in [0.1, 0.15) is 0 Å². The van der Waals surface area contributed by atoms with Crippen molar-refractivity contribution in [2.75, 3.05) is 0 Å². The van der Waals surface area contributed by atoms with Crippen LogP contribution < -0.4 is 0 Å². The van der Waals surface area contributed by atoms with E-state index in [1.807, 2.05) is 0 Å². The van der Waals surface area contributed by atoms with E-state index in [-0.39, 0.29) is 0 Å². The molecule has 0 N–H and O–H groups in total. The van der Waals surface area contributed by atoms with E-state index in [1.165, 1.54) is 97.7 Å². The molecule has 0 bridgehead atoms. The van der Waals surface area contributed by atoms with Crippen molar-refractivity contribution >= 4 is 86.6 Å². The lowest BCUT2D eigenvalue weighted by atomic mass is 9.84. The van der Waals surface area contributed by atoms with E-state index >= 15 is 0 Å². The Morgan fingerprint density at radius 1 is 0.286 bits per heavy atom. The summed E-state index contributed by atoms with van der Waals surface area (Å²) in [4.78, 5) is 0. The lowest BCUT2D eigenvalue weighted by Gasteiger charge is -2.19. The van der Waals surface area contributed by atoms with E-state index in [1.54, 1.807) is 0 Å². The highest BCUT2D eigenvalue weighted by Crippen LogP contribution is 2.48. The van der Waals surface area contributed by atoms with Crippen molar-refractivity contribution in [3.8, 4) is 22.3 Å². The Labute approximate surface area is 282 Å². The van der Waals surface area contributed by atoms with E-state index in [0.29, 0.717) is 0 Å². The molecule has 0 fully saturated rings. The zero-order chi connectivity index (χ0) is 32.1. The first-order chi connectivity index (χ1) is 24.3. The first kappa shape index (κ1) is 26.6. The Bertz CT molecular complexity index is 3070. The Hall–Kier alpha value is -6.44. The normalized spacial score (nSPS) is 12.1. The molecule has 0 spiro atoms. The molecule has 0 saturated carbocycles. The molecule has 1 heterocycles. The molecular weight excluding hydrogens is 593 g/mol. The highest BCUT2D eigenvalue weighted by molar-refractivity contribution is 6.30. The van der Waals surface area contributed by atoms with Crippen LogP contribution in [0.5, 0.6) is 0 Å². The summed E-state index contributed by atoms with van der Waals surface area (Å²) < 4.78 is 6.55. The van der Waals surface area contributed by atoms with Crippen LogP contribution in [0.15, 0.2) is 174 Å². The van der Waals surface area contributed by atoms with Gasteiger partial charge in [-0.05, 0) is 105 Å². The topological polar surface area (TPSA) is 13.1 Å². The first-order valence-corrected chi connectivity index (χ1v) is 16.9. The average molecular weight is 621 g/mol. The van der Waals surface area contributed by atoms with Gasteiger partial charge in [0.25, 0.3) is 0 Å². The maximum absolute atomic E-state index is 6.55. The summed E-state index contributed by atoms with van der Waals surface area (Å²) in [5, 5.41) is 17.5. The van der Waals surface area contributed by atoms with Crippen LogP contribution in [0, 0.1) is 0 Å². The Balaban J connectivity index is 1.28. The summed E-state index contributed by atoms with van der Waals surface area (Å²) in [6.07, 6.45) is 0. The molecule has 0 aliphatic heterocycles. The molecule has 0 atom stereocenters. The summed E-state index contributed by atoms with van der Waals surface area (Å²) >= 11 is 0. The zero-order valence-corrected chi connectivity index (χ0v) is 26.6. The lowest BCUT2D eigenvalue weighted by molar-refractivity contribution is 0.669. The van der Waals surface area contributed by atoms with Crippen molar-refractivity contribution in [2.24, 2.45) is 0 Å². The van der Waals surface area contributed by atoms with Crippen molar-refractivity contribution in [3.05, 3.63) is 170 Å². The van der Waals surface area contributed by atoms with Crippen LogP contribution in [0.2, 0.25) is 0 Å². The van der Waals surface area contributed by atoms with Crippen molar-refractivity contribution < 1.29 is 4.42 Å². The maximum Gasteiger partial charge on any atom is 0.136 e. The van der Waals surface area contributed by atoms with Crippen molar-refractivity contribution in [2.45, 2.75) is 0 Å². The highest BCUT2D eigenvalue weighted by atomic mass is 16.3. The SMILES string of the molecule is c1ccc2c(c1)ccc1oc3cccc(-c4c5ccccc5c(-c5ccc6c7ccccc7c7ccccc7c6c5)c5ccccc45)c3c12. The standard InChI is InChI=1S/C48H28O/c1-2-13-31-29(12-1)25-27-44-47(31)48-41(22-11-23-43(48)49-44)46-39-20-9-7-18-37(39)45(38-19-8-10-21-40(38)46)30-24-26-36-34-16-4-3-14-32(34)33-15-5-6-17-35(33)42(36)28-30/h1-28H. The molecule has 1 aromatic heterocycles. The molecule has 0 amide bonds. The highest BCUT2D eigenvalue weighted by Gasteiger charge is 2.21. The van der Waals surface area contributed by atoms with Crippen LogP contribution in [-0.4, -0.2) is 0 Å². The predicted octanol–water partition coefficient (Wildman–Crippen LogP) is 13.8. The molecule has 1 heteroatoms. The summed E-state index contributed by atoms with van der Waals surface area (Å²) in [6.45, 7) is 0. The second-order valence-corrected chi connectivity index (χ2v) is 13.1. The van der Waals surface area contributed by atoms with Crippen molar-refractivity contribution in [1.82, 2.24) is 0 Å². The number of hydrogen-bond acceptors (Lipinski definition) is 1. The molecule has 10 aromatic carbocycles. The molecule has 0 saturated heterocycles. The fourth-order valence-corrected chi connectivity index (χ4v) is 8.59. The second kappa shape index (κ2) is 10.0. The number of furan rings is 1. The average Bonchev–Trinajstić information content (AvgIpc) is 3.57. The third kappa shape index (κ3) is 3.70. The molecule has 11 aromatic rings. The van der Waals surface area contributed by atoms with Gasteiger partial charge in [0.05, 0.1) is 0 Å². The van der Waals surface area contributed by atoms with E-state index < -0.39 is 0 Å². The van der Waals surface area contributed by atoms with Gasteiger partial charge in [-0.2, -0.15) is 0 Å². The third-order valence-corrected chi connectivity index (χ3v) is 10.6. The monoisotopic (exact) mass is 620 g/mol. The molecule has 0 aliphatic carbocycles. The molecule has 0 unspecified atom stereocenters. The van der Waals surface area contributed by atoms with Crippen LogP contribution in [0.25, 0.3) is 109 Å². The van der Waals surface area contributed by atoms with Gasteiger partial charge in [0.2, 0.25) is 0 Å². The van der Waals surface area contributed by atoms with Gasteiger partial charge in [-0.25, -0.2) is 0 Å². The van der Waals surface area contributed by atoms with Gasteiger partial charge < -0.3 is 4.42 Å². The van der Waals surface area contributed by atoms with Gasteiger partial charge in [-0.1, -0.05) is 152 Å². The predicted molar refractivity (Wildman–Crippen MR) is 210 cm³/mol. The third-order valence-electron chi connectivity index (χ3n) is 10.6. The second-order valence-electron chi connectivity index (χ2n) is 13.1. The minimum atomic E-state index is 0.912. The van der Waals surface area contributed by atoms with Gasteiger partial charge in [0.1, 0.15) is 11.2 Å². The largest absolute Gasteiger partial charge is 0.456 e. The Kier molecular flexibility index (Phi) is 5.45. The number of hydrogen-bond donors (Lipinski definition) is 0. The minimum Gasteiger partial charge on any atom is -0.456 e. The van der Waals surface area contributed by atoms with Crippen molar-refractivity contribution in [3.63, 3.8) is 0 Å². The van der Waals surface area contributed by atoms with Crippen LogP contribution in [0.3, 0.4) is 0 Å². The van der Waals surface area contributed by atoms with Gasteiger partial charge in [-0.3, -0.25) is 0 Å². The van der Waals surface area contributed by atoms with E-state index in [9.17, 15) is 0 Å². The summed E-state index contributed by atoms with van der Waals surface area (Å²) in [7, 11) is 0. The van der Waals surface area contributed by atoms with Crippen LogP contribution in [0.4, 0.5) is 0 Å². The summed E-state index contributed by atoms with van der Waals surface area (Å²) in [6, 6.07) is 62.0. The summed E-state index contributed by atoms with van der Waals surface area (Å²) in [5.41, 5.74) is 6.77. The lowest BCUT2D eigenvalue weighted by Crippen LogP contribution is -1.92. The van der Waals surface area contributed by atoms with Gasteiger partial charge in [0, 0.05) is 10.8 Å². The first-order valence-electron chi connectivity index (χ1n) is 16.9. The van der Waals surface area contributed by atoms with Crippen LogP contribution in [-0.2, 0) is 0 Å². The molecular formula is C48H28O. The molecule has 1 nitrogen and oxygen atoms in total. The number of rotatable bonds is 2. The Morgan fingerprint density at radius 3 is 1.41 bits per heavy atom. The van der Waals surface area contributed by atoms with Gasteiger partial charge in [-0.15, -0.1) is 0 Å². The number of benzene rings is 10. The smallest absolute Gasteiger partial charge is 0.136 e. The fourth-order valence-electron chi connectivity index (χ4n) is 8.59. The molecule has 11 rings (SSSR count). The summed E-state index contributed by atoms with van der Waals surface area (Å²) in [5.74, 6) is 0. The van der Waals surface area contributed by atoms with E-state index in [4.69, 9.17) is 4.42 Å². The Morgan fingerprint density at radius 2 is 0.776 bits per heavy atom. The molecule has 0 aliphatic rings. The molecule has 49 heavy (non-hydrogen) atoms. The van der Waals surface area contributed by atoms with E-state index in [0.717, 1.165) is 11.2 Å².